The van der Waals surface area contributed by atoms with Crippen LogP contribution in [-0.4, -0.2) is 39.8 Å². The van der Waals surface area contributed by atoms with Gasteiger partial charge < -0.3 is 25.2 Å². The highest BCUT2D eigenvalue weighted by Gasteiger charge is 2.22. The quantitative estimate of drug-likeness (QED) is 0.0984. The number of carbonyl (C=O) groups excluding carboxylic acids is 1. The predicted molar refractivity (Wildman–Crippen MR) is 149 cm³/mol. The Kier molecular flexibility index (Phi) is 8.22. The first-order valence-electron chi connectivity index (χ1n) is 11.6. The number of phosphoric acid groups is 1. The van der Waals surface area contributed by atoms with E-state index in [0.717, 1.165) is 35.1 Å². The van der Waals surface area contributed by atoms with Gasteiger partial charge in [-0.1, -0.05) is 54.1 Å². The number of rotatable bonds is 10. The van der Waals surface area contributed by atoms with Crippen molar-refractivity contribution in [1.82, 2.24) is 19.9 Å². The fourth-order valence-electron chi connectivity index (χ4n) is 4.13. The molecule has 2 heterocycles. The van der Waals surface area contributed by atoms with Gasteiger partial charge in [0.15, 0.2) is 17.3 Å². The van der Waals surface area contributed by atoms with Crippen molar-refractivity contribution >= 4 is 64.1 Å². The zero-order valence-corrected chi connectivity index (χ0v) is 23.1. The number of nitrogens with two attached hydrogens (primary N) is 1. The maximum atomic E-state index is 11.8. The second kappa shape index (κ2) is 11.2. The van der Waals surface area contributed by atoms with Gasteiger partial charge in [0, 0.05) is 23.9 Å². The van der Waals surface area contributed by atoms with Crippen LogP contribution in [0.2, 0.25) is 0 Å². The molecule has 0 radical (unpaired) electrons. The van der Waals surface area contributed by atoms with Gasteiger partial charge in [-0.15, -0.1) is 0 Å². The highest BCUT2D eigenvalue weighted by molar-refractivity contribution is 14.1. The molecule has 2 aromatic carbocycles. The number of alkyl halides is 1. The molecule has 0 saturated carbocycles. The molecular weight excluding hydrogens is 612 g/mol. The molecule has 0 spiro atoms. The number of nitrogens with one attached hydrogen (secondary N) is 1. The van der Waals surface area contributed by atoms with Crippen LogP contribution in [0, 0.1) is 0 Å². The number of carbonyl (C=O) groups is 1. The van der Waals surface area contributed by atoms with E-state index in [0.29, 0.717) is 34.0 Å². The van der Waals surface area contributed by atoms with Crippen LogP contribution in [0.25, 0.3) is 21.9 Å². The lowest BCUT2D eigenvalue weighted by molar-refractivity contribution is -0.118. The fourth-order valence-corrected chi connectivity index (χ4v) is 4.80. The van der Waals surface area contributed by atoms with Gasteiger partial charge in [0.25, 0.3) is 0 Å². The van der Waals surface area contributed by atoms with Gasteiger partial charge in [0.1, 0.15) is 11.3 Å². The third-order valence-corrected chi connectivity index (χ3v) is 6.97. The van der Waals surface area contributed by atoms with Gasteiger partial charge in [0.05, 0.1) is 22.0 Å². The Hall–Kier alpha value is -2.93. The number of phenolic OH excluding ortho intramolecular Hbond substituents is 1. The number of nitrogens with zero attached hydrogens (tertiary/aromatic N) is 3. The summed E-state index contributed by atoms with van der Waals surface area (Å²) in [4.78, 5) is 39.5. The first-order valence-corrected chi connectivity index (χ1v) is 14.6. The first kappa shape index (κ1) is 27.1. The Morgan fingerprint density at radius 2 is 2.03 bits per heavy atom. The van der Waals surface area contributed by atoms with E-state index < -0.39 is 7.82 Å². The molecule has 13 heteroatoms. The number of hydrogen-bond acceptors (Lipinski definition) is 7. The fraction of sp³-hybridized carbons (Fsp3) is 0.292. The standard InChI is InChI=1S/C24H27IN5O6P/c1-2-3-7-19-29-21-22(30(19)13-15-5-4-6-18(23(15)32)36-37(33,34)35)16-10-14(12-27-20(31)11-25)8-9-17(16)28-24(21)26/h4-6,8-10,32H,2-3,7,11-13H2,1H3,(H2,26,28)(H,27,31)(H2,33,34,35). The van der Waals surface area contributed by atoms with Gasteiger partial charge in [-0.2, -0.15) is 0 Å². The van der Waals surface area contributed by atoms with Crippen molar-refractivity contribution in [3.8, 4) is 11.5 Å². The van der Waals surface area contributed by atoms with Crippen LogP contribution in [0.3, 0.4) is 0 Å². The predicted octanol–water partition coefficient (Wildman–Crippen LogP) is 3.79. The molecule has 196 valence electrons. The average molecular weight is 639 g/mol. The Balaban J connectivity index is 1.88. The first-order chi connectivity index (χ1) is 17.6. The summed E-state index contributed by atoms with van der Waals surface area (Å²) in [5.41, 5.74) is 9.46. The number of imidazole rings is 1. The number of pyridine rings is 1. The van der Waals surface area contributed by atoms with E-state index in [1.165, 1.54) is 6.07 Å². The normalized spacial score (nSPS) is 11.8. The molecule has 6 N–H and O–H groups in total. The summed E-state index contributed by atoms with van der Waals surface area (Å²) in [7, 11) is -4.86. The molecule has 0 bridgehead atoms. The largest absolute Gasteiger partial charge is 0.524 e. The van der Waals surface area contributed by atoms with Gasteiger partial charge >= 0.3 is 7.82 Å². The number of unbranched alkanes of at least 4 members (excludes halogenated alkanes) is 1. The Morgan fingerprint density at radius 1 is 1.24 bits per heavy atom. The molecule has 0 saturated heterocycles. The van der Waals surface area contributed by atoms with Gasteiger partial charge in [-0.3, -0.25) is 14.6 Å². The average Bonchev–Trinajstić information content (AvgIpc) is 3.22. The molecular formula is C24H27IN5O6P. The summed E-state index contributed by atoms with van der Waals surface area (Å²) < 4.78 is 18.3. The molecule has 4 aromatic rings. The Labute approximate surface area is 226 Å². The molecule has 0 fully saturated rings. The van der Waals surface area contributed by atoms with Crippen LogP contribution in [0.15, 0.2) is 36.4 Å². The highest BCUT2D eigenvalue weighted by atomic mass is 127. The number of nitrogen functional groups attached to an aromatic ring is 1. The van der Waals surface area contributed by atoms with Gasteiger partial charge in [-0.25, -0.2) is 14.5 Å². The summed E-state index contributed by atoms with van der Waals surface area (Å²) in [5.74, 6) is 0.253. The molecule has 2 aromatic heterocycles. The van der Waals surface area contributed by atoms with Crippen molar-refractivity contribution in [3.05, 3.63) is 53.3 Å². The third-order valence-electron chi connectivity index (χ3n) is 5.84. The van der Waals surface area contributed by atoms with Crippen molar-refractivity contribution in [2.75, 3.05) is 10.2 Å². The molecule has 1 amide bonds. The lowest BCUT2D eigenvalue weighted by atomic mass is 10.1. The summed E-state index contributed by atoms with van der Waals surface area (Å²) >= 11 is 2.01. The second-order valence-corrected chi connectivity index (χ2v) is 10.4. The van der Waals surface area contributed by atoms with Crippen molar-refractivity contribution in [3.63, 3.8) is 0 Å². The minimum atomic E-state index is -4.86. The molecule has 0 aliphatic carbocycles. The number of halogens is 1. The summed E-state index contributed by atoms with van der Waals surface area (Å²) in [6, 6.07) is 10.1. The molecule has 11 nitrogen and oxygen atoms in total. The van der Waals surface area contributed by atoms with Crippen LogP contribution in [0.5, 0.6) is 11.5 Å². The van der Waals surface area contributed by atoms with Crippen LogP contribution in [0.1, 0.15) is 36.7 Å². The Bertz CT molecular complexity index is 1520. The Morgan fingerprint density at radius 3 is 2.73 bits per heavy atom. The lowest BCUT2D eigenvalue weighted by Crippen LogP contribution is -2.23. The van der Waals surface area contributed by atoms with E-state index in [2.05, 4.69) is 21.7 Å². The summed E-state index contributed by atoms with van der Waals surface area (Å²) in [6.45, 7) is 2.57. The SMILES string of the molecule is CCCCc1nc2c(N)nc3ccc(CNC(=O)CI)cc3c2n1Cc1cccc(OP(=O)(O)O)c1O. The maximum absolute atomic E-state index is 11.8. The van der Waals surface area contributed by atoms with E-state index in [-0.39, 0.29) is 29.8 Å². The van der Waals surface area contributed by atoms with Gasteiger partial charge in [-0.05, 0) is 30.2 Å². The molecule has 37 heavy (non-hydrogen) atoms. The number of para-hydroxylation sites is 1. The number of benzene rings is 2. The zero-order valence-electron chi connectivity index (χ0n) is 20.0. The van der Waals surface area contributed by atoms with E-state index in [9.17, 15) is 24.3 Å². The van der Waals surface area contributed by atoms with E-state index >= 15 is 0 Å². The number of phosphoric ester groups is 1. The van der Waals surface area contributed by atoms with Crippen molar-refractivity contribution in [2.45, 2.75) is 39.3 Å². The van der Waals surface area contributed by atoms with Crippen LogP contribution in [-0.2, 0) is 28.9 Å². The number of aromatic hydroxyl groups is 1. The third kappa shape index (κ3) is 6.15. The smallest absolute Gasteiger partial charge is 0.504 e. The minimum Gasteiger partial charge on any atom is -0.504 e. The second-order valence-electron chi connectivity index (χ2n) is 8.52. The number of hydrogen-bond donors (Lipinski definition) is 5. The lowest BCUT2D eigenvalue weighted by Gasteiger charge is -2.15. The van der Waals surface area contributed by atoms with Crippen molar-refractivity contribution in [2.24, 2.45) is 0 Å². The number of amides is 1. The van der Waals surface area contributed by atoms with Crippen LogP contribution >= 0.6 is 30.4 Å². The maximum Gasteiger partial charge on any atom is 0.524 e. The summed E-state index contributed by atoms with van der Waals surface area (Å²) in [5, 5.41) is 14.4. The molecule has 0 atom stereocenters. The van der Waals surface area contributed by atoms with Crippen molar-refractivity contribution in [1.29, 1.82) is 0 Å². The molecule has 4 rings (SSSR count). The van der Waals surface area contributed by atoms with Crippen LogP contribution in [0.4, 0.5) is 5.82 Å². The van der Waals surface area contributed by atoms with E-state index in [1.807, 2.05) is 45.4 Å². The molecule has 0 unspecified atom stereocenters. The number of anilines is 1. The topological polar surface area (TPSA) is 173 Å². The minimum absolute atomic E-state index is 0.0685. The van der Waals surface area contributed by atoms with Crippen molar-refractivity contribution < 1.29 is 28.8 Å². The highest BCUT2D eigenvalue weighted by Crippen LogP contribution is 2.43. The summed E-state index contributed by atoms with van der Waals surface area (Å²) in [6.07, 6.45) is 2.46. The molecule has 0 aliphatic heterocycles. The monoisotopic (exact) mass is 639 g/mol. The number of fused-ring (bicyclic) bond motifs is 3. The molecule has 0 aliphatic rings. The van der Waals surface area contributed by atoms with Crippen LogP contribution < -0.4 is 15.6 Å². The van der Waals surface area contributed by atoms with E-state index in [1.54, 1.807) is 12.1 Å². The number of phenols is 1. The number of aryl methyl sites for hydroxylation is 1. The van der Waals surface area contributed by atoms with E-state index in [4.69, 9.17) is 10.7 Å². The number of aromatic nitrogens is 3. The zero-order chi connectivity index (χ0) is 26.7. The van der Waals surface area contributed by atoms with Gasteiger partial charge in [0.2, 0.25) is 5.91 Å².